The van der Waals surface area contributed by atoms with Crippen molar-refractivity contribution < 1.29 is 14.6 Å². The Morgan fingerprint density at radius 1 is 1.50 bits per heavy atom. The fourth-order valence-corrected chi connectivity index (χ4v) is 1.38. The second kappa shape index (κ2) is 5.69. The SMILES string of the molecule is C=CC(C)(C)Oc1ccc(C[C@H](N)C(=O)O)cc1. The van der Waals surface area contributed by atoms with E-state index in [-0.39, 0.29) is 0 Å². The summed E-state index contributed by atoms with van der Waals surface area (Å²) in [5.41, 5.74) is 5.90. The quantitative estimate of drug-likeness (QED) is 0.756. The van der Waals surface area contributed by atoms with Gasteiger partial charge in [-0.2, -0.15) is 0 Å². The van der Waals surface area contributed by atoms with Crippen molar-refractivity contribution in [2.45, 2.75) is 31.9 Å². The molecule has 18 heavy (non-hydrogen) atoms. The van der Waals surface area contributed by atoms with E-state index in [4.69, 9.17) is 15.6 Å². The summed E-state index contributed by atoms with van der Waals surface area (Å²) in [4.78, 5) is 10.6. The van der Waals surface area contributed by atoms with Crippen LogP contribution in [0, 0.1) is 0 Å². The minimum atomic E-state index is -0.997. The summed E-state index contributed by atoms with van der Waals surface area (Å²) in [6.07, 6.45) is 2.03. The van der Waals surface area contributed by atoms with E-state index in [1.165, 1.54) is 0 Å². The average molecular weight is 249 g/mol. The Hall–Kier alpha value is -1.81. The lowest BCUT2D eigenvalue weighted by Gasteiger charge is -2.22. The van der Waals surface area contributed by atoms with Crippen LogP contribution >= 0.6 is 0 Å². The Labute approximate surface area is 107 Å². The zero-order chi connectivity index (χ0) is 13.8. The molecule has 0 spiro atoms. The Balaban J connectivity index is 2.68. The van der Waals surface area contributed by atoms with E-state index >= 15 is 0 Å². The molecule has 0 aliphatic carbocycles. The second-order valence-corrected chi connectivity index (χ2v) is 4.70. The molecule has 1 atom stereocenters. The van der Waals surface area contributed by atoms with Crippen molar-refractivity contribution in [1.29, 1.82) is 0 Å². The lowest BCUT2D eigenvalue weighted by molar-refractivity contribution is -0.138. The molecule has 0 aliphatic rings. The number of hydrogen-bond donors (Lipinski definition) is 2. The molecule has 0 saturated heterocycles. The zero-order valence-electron chi connectivity index (χ0n) is 10.7. The fraction of sp³-hybridized carbons (Fsp3) is 0.357. The molecule has 0 aromatic heterocycles. The summed E-state index contributed by atoms with van der Waals surface area (Å²) in [5.74, 6) is -0.282. The summed E-state index contributed by atoms with van der Waals surface area (Å²) in [6.45, 7) is 7.52. The molecule has 98 valence electrons. The molecule has 0 fully saturated rings. The van der Waals surface area contributed by atoms with Crippen LogP contribution in [0.15, 0.2) is 36.9 Å². The van der Waals surface area contributed by atoms with Crippen molar-refractivity contribution in [2.75, 3.05) is 0 Å². The van der Waals surface area contributed by atoms with Gasteiger partial charge in [0.2, 0.25) is 0 Å². The van der Waals surface area contributed by atoms with E-state index in [1.54, 1.807) is 18.2 Å². The van der Waals surface area contributed by atoms with Gasteiger partial charge in [-0.25, -0.2) is 0 Å². The predicted octanol–water partition coefficient (Wildman–Crippen LogP) is 1.98. The molecule has 0 unspecified atom stereocenters. The molecule has 0 amide bonds. The van der Waals surface area contributed by atoms with Crippen molar-refractivity contribution >= 4 is 5.97 Å². The fourth-order valence-electron chi connectivity index (χ4n) is 1.38. The smallest absolute Gasteiger partial charge is 0.320 e. The molecule has 1 rings (SSSR count). The lowest BCUT2D eigenvalue weighted by atomic mass is 10.1. The van der Waals surface area contributed by atoms with E-state index in [9.17, 15) is 4.79 Å². The first-order valence-electron chi connectivity index (χ1n) is 5.74. The van der Waals surface area contributed by atoms with Crippen LogP contribution in [-0.2, 0) is 11.2 Å². The van der Waals surface area contributed by atoms with Crippen LogP contribution in [0.1, 0.15) is 19.4 Å². The van der Waals surface area contributed by atoms with Gasteiger partial charge in [0.25, 0.3) is 0 Å². The number of carboxylic acids is 1. The highest BCUT2D eigenvalue weighted by molar-refractivity contribution is 5.73. The number of carbonyl (C=O) groups is 1. The first-order chi connectivity index (χ1) is 8.34. The first-order valence-corrected chi connectivity index (χ1v) is 5.74. The summed E-state index contributed by atoms with van der Waals surface area (Å²) < 4.78 is 5.69. The summed E-state index contributed by atoms with van der Waals surface area (Å²) in [6, 6.07) is 6.36. The van der Waals surface area contributed by atoms with Crippen LogP contribution in [0.25, 0.3) is 0 Å². The summed E-state index contributed by atoms with van der Waals surface area (Å²) >= 11 is 0. The standard InChI is InChI=1S/C14H19NO3/c1-4-14(2,3)18-11-7-5-10(6-8-11)9-12(15)13(16)17/h4-8,12H,1,9,15H2,2-3H3,(H,16,17)/t12-/m0/s1. The largest absolute Gasteiger partial charge is 0.484 e. The highest BCUT2D eigenvalue weighted by Gasteiger charge is 2.15. The van der Waals surface area contributed by atoms with E-state index in [2.05, 4.69) is 6.58 Å². The van der Waals surface area contributed by atoms with Crippen LogP contribution in [-0.4, -0.2) is 22.7 Å². The third kappa shape index (κ3) is 4.22. The summed E-state index contributed by atoms with van der Waals surface area (Å²) in [7, 11) is 0. The number of carboxylic acid groups (broad SMARTS) is 1. The van der Waals surface area contributed by atoms with E-state index in [1.807, 2.05) is 26.0 Å². The van der Waals surface area contributed by atoms with Crippen LogP contribution < -0.4 is 10.5 Å². The van der Waals surface area contributed by atoms with Gasteiger partial charge in [0, 0.05) is 0 Å². The maximum absolute atomic E-state index is 10.6. The first kappa shape index (κ1) is 14.3. The molecule has 3 N–H and O–H groups in total. The number of nitrogens with two attached hydrogens (primary N) is 1. The number of rotatable bonds is 6. The number of benzene rings is 1. The Morgan fingerprint density at radius 3 is 2.50 bits per heavy atom. The minimum absolute atomic E-state index is 0.306. The Bertz CT molecular complexity index is 423. The third-order valence-electron chi connectivity index (χ3n) is 2.57. The van der Waals surface area contributed by atoms with Crippen molar-refractivity contribution in [1.82, 2.24) is 0 Å². The van der Waals surface area contributed by atoms with Gasteiger partial charge >= 0.3 is 5.97 Å². The highest BCUT2D eigenvalue weighted by Crippen LogP contribution is 2.20. The Kier molecular flexibility index (Phi) is 4.50. The minimum Gasteiger partial charge on any atom is -0.484 e. The molecule has 1 aromatic rings. The van der Waals surface area contributed by atoms with E-state index in [0.29, 0.717) is 12.2 Å². The van der Waals surface area contributed by atoms with Crippen LogP contribution in [0.2, 0.25) is 0 Å². The van der Waals surface area contributed by atoms with Gasteiger partial charge in [-0.1, -0.05) is 18.7 Å². The zero-order valence-corrected chi connectivity index (χ0v) is 10.7. The second-order valence-electron chi connectivity index (χ2n) is 4.70. The van der Waals surface area contributed by atoms with Gasteiger partial charge in [0.05, 0.1) is 0 Å². The Morgan fingerprint density at radius 2 is 2.06 bits per heavy atom. The molecule has 4 nitrogen and oxygen atoms in total. The molecular weight excluding hydrogens is 230 g/mol. The molecule has 4 heteroatoms. The van der Waals surface area contributed by atoms with Gasteiger partial charge in [-0.05, 0) is 44.0 Å². The maximum Gasteiger partial charge on any atom is 0.320 e. The molecular formula is C14H19NO3. The van der Waals surface area contributed by atoms with Crippen LogP contribution in [0.5, 0.6) is 5.75 Å². The number of aliphatic carboxylic acids is 1. The molecule has 1 aromatic carbocycles. The van der Waals surface area contributed by atoms with Gasteiger partial charge in [-0.15, -0.1) is 0 Å². The average Bonchev–Trinajstić information content (AvgIpc) is 2.31. The van der Waals surface area contributed by atoms with Crippen molar-refractivity contribution in [3.63, 3.8) is 0 Å². The maximum atomic E-state index is 10.6. The molecule has 0 aliphatic heterocycles. The van der Waals surface area contributed by atoms with Crippen molar-refractivity contribution in [2.24, 2.45) is 5.73 Å². The van der Waals surface area contributed by atoms with Crippen molar-refractivity contribution in [3.8, 4) is 5.75 Å². The molecule has 0 saturated carbocycles. The van der Waals surface area contributed by atoms with Gasteiger partial charge in [0.15, 0.2) is 0 Å². The number of hydrogen-bond acceptors (Lipinski definition) is 3. The van der Waals surface area contributed by atoms with Crippen molar-refractivity contribution in [3.05, 3.63) is 42.5 Å². The number of ether oxygens (including phenoxy) is 1. The van der Waals surface area contributed by atoms with E-state index in [0.717, 1.165) is 5.56 Å². The third-order valence-corrected chi connectivity index (χ3v) is 2.57. The normalized spacial score (nSPS) is 12.8. The van der Waals surface area contributed by atoms with Crippen LogP contribution in [0.4, 0.5) is 0 Å². The van der Waals surface area contributed by atoms with Gasteiger partial charge in [-0.3, -0.25) is 4.79 Å². The topological polar surface area (TPSA) is 72.5 Å². The van der Waals surface area contributed by atoms with Gasteiger partial charge < -0.3 is 15.6 Å². The monoisotopic (exact) mass is 249 g/mol. The lowest BCUT2D eigenvalue weighted by Crippen LogP contribution is -2.32. The molecule has 0 heterocycles. The van der Waals surface area contributed by atoms with Gasteiger partial charge in [0.1, 0.15) is 17.4 Å². The summed E-state index contributed by atoms with van der Waals surface area (Å²) in [5, 5.41) is 8.72. The van der Waals surface area contributed by atoms with Crippen LogP contribution in [0.3, 0.4) is 0 Å². The predicted molar refractivity (Wildman–Crippen MR) is 70.7 cm³/mol. The molecule has 0 radical (unpaired) electrons. The highest BCUT2D eigenvalue weighted by atomic mass is 16.5. The molecule has 0 bridgehead atoms. The van der Waals surface area contributed by atoms with E-state index < -0.39 is 17.6 Å².